The number of alkyl halides is 22. The molecule has 40 heavy (non-hydrogen) atoms. The highest BCUT2D eigenvalue weighted by Gasteiger charge is 2.79. The summed E-state index contributed by atoms with van der Waals surface area (Å²) in [5.74, 6) is -27.0. The van der Waals surface area contributed by atoms with Crippen LogP contribution in [0.15, 0.2) is 0 Å². The van der Waals surface area contributed by atoms with Gasteiger partial charge in [-0.1, -0.05) is 0 Å². The van der Waals surface area contributed by atoms with Gasteiger partial charge in [0.15, 0.2) is 0 Å². The Labute approximate surface area is 204 Å². The standard InChI is InChI=1S/C14H10F22N2O2/c15-5(9(21,22)23,39-13(33,34)7(17,18)11(27,28)29)3-37-1-2-38-4-6(16,10(24,25)26)40-14(35,36)8(19,20)12(30,31)32/h37-38H,1-4H2. The lowest BCUT2D eigenvalue weighted by Crippen LogP contribution is -2.62. The topological polar surface area (TPSA) is 42.5 Å². The third-order valence-electron chi connectivity index (χ3n) is 4.05. The molecule has 2 atom stereocenters. The molecule has 0 aromatic rings. The third kappa shape index (κ3) is 7.98. The first-order valence-corrected chi connectivity index (χ1v) is 9.10. The molecule has 0 rings (SSSR count). The van der Waals surface area contributed by atoms with Crippen LogP contribution in [0.1, 0.15) is 0 Å². The summed E-state index contributed by atoms with van der Waals surface area (Å²) in [6.07, 6.45) is -42.7. The number of rotatable bonds is 13. The predicted molar refractivity (Wildman–Crippen MR) is 79.6 cm³/mol. The van der Waals surface area contributed by atoms with E-state index in [4.69, 9.17) is 0 Å². The molecule has 4 nitrogen and oxygen atoms in total. The smallest absolute Gasteiger partial charge is 0.310 e. The van der Waals surface area contributed by atoms with Crippen LogP contribution in [-0.2, 0) is 9.47 Å². The van der Waals surface area contributed by atoms with Crippen LogP contribution in [0.4, 0.5) is 96.6 Å². The Balaban J connectivity index is 5.50. The van der Waals surface area contributed by atoms with Crippen LogP contribution in [0.5, 0.6) is 0 Å². The zero-order valence-electron chi connectivity index (χ0n) is 18.0. The van der Waals surface area contributed by atoms with Crippen molar-refractivity contribution in [2.45, 2.75) is 60.5 Å². The fraction of sp³-hybridized carbons (Fsp3) is 1.00. The molecule has 26 heteroatoms. The molecule has 0 amide bonds. The van der Waals surface area contributed by atoms with Crippen molar-refractivity contribution in [1.82, 2.24) is 10.6 Å². The van der Waals surface area contributed by atoms with E-state index in [0.717, 1.165) is 10.6 Å². The largest absolute Gasteiger partial charge is 0.462 e. The molecule has 0 saturated heterocycles. The highest BCUT2D eigenvalue weighted by Crippen LogP contribution is 2.52. The summed E-state index contributed by atoms with van der Waals surface area (Å²) in [5.41, 5.74) is 0. The monoisotopic (exact) mass is 656 g/mol. The van der Waals surface area contributed by atoms with Crippen molar-refractivity contribution in [3.05, 3.63) is 0 Å². The molecular weight excluding hydrogens is 646 g/mol. The van der Waals surface area contributed by atoms with Crippen molar-refractivity contribution in [2.24, 2.45) is 0 Å². The number of nitrogens with one attached hydrogen (secondary N) is 2. The van der Waals surface area contributed by atoms with E-state index in [1.807, 2.05) is 9.47 Å². The molecule has 0 saturated carbocycles. The molecule has 0 fully saturated rings. The van der Waals surface area contributed by atoms with Gasteiger partial charge in [-0.25, -0.2) is 8.78 Å². The van der Waals surface area contributed by atoms with Crippen LogP contribution < -0.4 is 10.6 Å². The highest BCUT2D eigenvalue weighted by molar-refractivity contribution is 4.91. The minimum Gasteiger partial charge on any atom is -0.310 e. The van der Waals surface area contributed by atoms with E-state index in [9.17, 15) is 96.6 Å². The summed E-state index contributed by atoms with van der Waals surface area (Å²) in [6, 6.07) is 0. The number of ether oxygens (including phenoxy) is 2. The van der Waals surface area contributed by atoms with Crippen molar-refractivity contribution in [3.8, 4) is 0 Å². The lowest BCUT2D eigenvalue weighted by Gasteiger charge is -2.35. The van der Waals surface area contributed by atoms with Crippen LogP contribution in [0.2, 0.25) is 0 Å². The third-order valence-corrected chi connectivity index (χ3v) is 4.05. The Kier molecular flexibility index (Phi) is 10.7. The Morgan fingerprint density at radius 1 is 0.350 bits per heavy atom. The van der Waals surface area contributed by atoms with Crippen LogP contribution in [0.25, 0.3) is 0 Å². The maximum Gasteiger partial charge on any atom is 0.462 e. The zero-order chi connectivity index (χ0) is 32.7. The predicted octanol–water partition coefficient (Wildman–Crippen LogP) is 6.24. The highest BCUT2D eigenvalue weighted by atomic mass is 19.4. The Morgan fingerprint density at radius 2 is 0.575 bits per heavy atom. The molecule has 2 unspecified atom stereocenters. The molecule has 0 aliphatic rings. The summed E-state index contributed by atoms with van der Waals surface area (Å²) in [6.45, 7) is -8.83. The second kappa shape index (κ2) is 11.2. The normalized spacial score (nSPS) is 18.4. The summed E-state index contributed by atoms with van der Waals surface area (Å²) < 4.78 is 283. The summed E-state index contributed by atoms with van der Waals surface area (Å²) >= 11 is 0. The molecule has 0 aliphatic heterocycles. The van der Waals surface area contributed by atoms with E-state index >= 15 is 0 Å². The molecule has 0 aliphatic carbocycles. The first kappa shape index (κ1) is 38.3. The van der Waals surface area contributed by atoms with Gasteiger partial charge in [0.25, 0.3) is 0 Å². The van der Waals surface area contributed by atoms with E-state index in [1.165, 1.54) is 0 Å². The minimum absolute atomic E-state index is 0.959. The molecule has 0 aromatic carbocycles. The fourth-order valence-electron chi connectivity index (χ4n) is 1.93. The van der Waals surface area contributed by atoms with Crippen molar-refractivity contribution < 1.29 is 106 Å². The van der Waals surface area contributed by atoms with Gasteiger partial charge in [-0.3, -0.25) is 9.47 Å². The lowest BCUT2D eigenvalue weighted by molar-refractivity contribution is -0.481. The average Bonchev–Trinajstić information content (AvgIpc) is 2.66. The van der Waals surface area contributed by atoms with Gasteiger partial charge in [0.1, 0.15) is 0 Å². The molecule has 0 heterocycles. The maximum atomic E-state index is 13.9. The first-order valence-electron chi connectivity index (χ1n) is 9.10. The fourth-order valence-corrected chi connectivity index (χ4v) is 1.93. The lowest BCUT2D eigenvalue weighted by atomic mass is 10.2. The zero-order valence-corrected chi connectivity index (χ0v) is 18.0. The SMILES string of the molecule is FC(F)(F)C(F)(CNCCNCC(F)(OC(F)(F)C(F)(F)C(F)(F)F)C(F)(F)F)OC(F)(F)C(F)(F)C(F)(F)F. The van der Waals surface area contributed by atoms with Gasteiger partial charge in [-0.2, -0.15) is 87.8 Å². The van der Waals surface area contributed by atoms with Gasteiger partial charge in [-0.15, -0.1) is 0 Å². The van der Waals surface area contributed by atoms with Gasteiger partial charge in [0.2, 0.25) is 0 Å². The van der Waals surface area contributed by atoms with Gasteiger partial charge in [0.05, 0.1) is 13.1 Å². The van der Waals surface area contributed by atoms with Gasteiger partial charge in [0, 0.05) is 13.1 Å². The van der Waals surface area contributed by atoms with Crippen LogP contribution in [0, 0.1) is 0 Å². The maximum absolute atomic E-state index is 13.9. The second-order valence-electron chi connectivity index (χ2n) is 7.19. The Hall–Kier alpha value is -1.70. The summed E-state index contributed by atoms with van der Waals surface area (Å²) in [7, 11) is 0. The van der Waals surface area contributed by atoms with Crippen molar-refractivity contribution in [1.29, 1.82) is 0 Å². The number of hydrogen-bond acceptors (Lipinski definition) is 4. The molecule has 242 valence electrons. The quantitative estimate of drug-likeness (QED) is 0.182. The molecule has 0 aromatic heterocycles. The van der Waals surface area contributed by atoms with E-state index in [1.54, 1.807) is 0 Å². The van der Waals surface area contributed by atoms with E-state index in [2.05, 4.69) is 0 Å². The van der Waals surface area contributed by atoms with Crippen LogP contribution >= 0.6 is 0 Å². The van der Waals surface area contributed by atoms with E-state index < -0.39 is 86.7 Å². The molecule has 0 bridgehead atoms. The van der Waals surface area contributed by atoms with Crippen molar-refractivity contribution >= 4 is 0 Å². The molecule has 0 radical (unpaired) electrons. The molecular formula is C14H10F22N2O2. The van der Waals surface area contributed by atoms with Gasteiger partial charge >= 0.3 is 60.5 Å². The molecule has 0 spiro atoms. The number of hydrogen-bond donors (Lipinski definition) is 2. The second-order valence-corrected chi connectivity index (χ2v) is 7.19. The van der Waals surface area contributed by atoms with E-state index in [-0.39, 0.29) is 0 Å². The van der Waals surface area contributed by atoms with Gasteiger partial charge in [-0.05, 0) is 0 Å². The summed E-state index contributed by atoms with van der Waals surface area (Å²) in [4.78, 5) is 0. The number of halogens is 22. The Bertz CT molecular complexity index is 763. The average molecular weight is 656 g/mol. The molecule has 2 N–H and O–H groups in total. The van der Waals surface area contributed by atoms with Crippen LogP contribution in [-0.4, -0.2) is 86.7 Å². The van der Waals surface area contributed by atoms with Crippen molar-refractivity contribution in [3.63, 3.8) is 0 Å². The minimum atomic E-state index is -7.42. The van der Waals surface area contributed by atoms with E-state index in [0.29, 0.717) is 0 Å². The first-order chi connectivity index (χ1) is 17.1. The summed E-state index contributed by atoms with van der Waals surface area (Å²) in [5, 5.41) is 1.92. The Morgan fingerprint density at radius 3 is 0.750 bits per heavy atom. The van der Waals surface area contributed by atoms with Crippen LogP contribution in [0.3, 0.4) is 0 Å². The van der Waals surface area contributed by atoms with Gasteiger partial charge < -0.3 is 10.6 Å². The van der Waals surface area contributed by atoms with Crippen molar-refractivity contribution in [2.75, 3.05) is 26.2 Å².